The third kappa shape index (κ3) is 4.74. The van der Waals surface area contributed by atoms with E-state index >= 15 is 0 Å². The zero-order chi connectivity index (χ0) is 12.2. The van der Waals surface area contributed by atoms with Crippen LogP contribution in [-0.4, -0.2) is 39.7 Å². The third-order valence-corrected chi connectivity index (χ3v) is 4.27. The average molecular weight is 280 g/mol. The topological polar surface area (TPSA) is 37.4 Å². The first-order chi connectivity index (χ1) is 7.39. The Bertz CT molecular complexity index is 429. The van der Waals surface area contributed by atoms with E-state index in [0.29, 0.717) is 0 Å². The van der Waals surface area contributed by atoms with Crippen LogP contribution in [0.15, 0.2) is 34.1 Å². The predicted molar refractivity (Wildman–Crippen MR) is 68.8 cm³/mol. The van der Waals surface area contributed by atoms with E-state index in [1.165, 1.54) is 12.1 Å². The molecule has 0 aliphatic carbocycles. The van der Waals surface area contributed by atoms with Gasteiger partial charge in [0.05, 0.1) is 4.90 Å². The normalized spacial score (nSPS) is 12.0. The first-order valence-electron chi connectivity index (χ1n) is 4.72. The van der Waals surface area contributed by atoms with Crippen LogP contribution in [0.5, 0.6) is 0 Å². The number of thioether (sulfide) groups is 1. The number of benzene rings is 1. The summed E-state index contributed by atoms with van der Waals surface area (Å²) in [6, 6.07) is 6.60. The van der Waals surface area contributed by atoms with E-state index in [-0.39, 0.29) is 4.90 Å². The highest BCUT2D eigenvalue weighted by atomic mass is 35.7. The Morgan fingerprint density at radius 3 is 2.25 bits per heavy atom. The van der Waals surface area contributed by atoms with Gasteiger partial charge in [0.1, 0.15) is 0 Å². The summed E-state index contributed by atoms with van der Waals surface area (Å²) < 4.78 is 22.0. The molecule has 0 amide bonds. The summed E-state index contributed by atoms with van der Waals surface area (Å²) in [7, 11) is 5.65. The van der Waals surface area contributed by atoms with Crippen LogP contribution in [0.1, 0.15) is 0 Å². The zero-order valence-corrected chi connectivity index (χ0v) is 11.6. The second kappa shape index (κ2) is 5.91. The van der Waals surface area contributed by atoms with Crippen molar-refractivity contribution in [2.24, 2.45) is 0 Å². The number of rotatable bonds is 5. The summed E-state index contributed by atoms with van der Waals surface area (Å²) in [5.41, 5.74) is 0. The van der Waals surface area contributed by atoms with Gasteiger partial charge in [0.2, 0.25) is 0 Å². The van der Waals surface area contributed by atoms with E-state index in [1.807, 2.05) is 14.1 Å². The van der Waals surface area contributed by atoms with Gasteiger partial charge in [-0.2, -0.15) is 0 Å². The molecule has 1 aromatic carbocycles. The van der Waals surface area contributed by atoms with Crippen LogP contribution in [0.4, 0.5) is 0 Å². The molecule has 0 N–H and O–H groups in total. The second-order valence-corrected chi connectivity index (χ2v) is 7.30. The van der Waals surface area contributed by atoms with Gasteiger partial charge >= 0.3 is 0 Å². The Hall–Kier alpha value is -0.230. The molecule has 0 saturated carbocycles. The molecule has 0 bridgehead atoms. The van der Waals surface area contributed by atoms with Crippen LogP contribution in [0.2, 0.25) is 0 Å². The maximum atomic E-state index is 11.0. The van der Waals surface area contributed by atoms with Crippen molar-refractivity contribution in [2.45, 2.75) is 9.79 Å². The lowest BCUT2D eigenvalue weighted by Crippen LogP contribution is -2.14. The molecule has 1 aromatic rings. The number of nitrogens with zero attached hydrogens (tertiary/aromatic N) is 1. The first-order valence-corrected chi connectivity index (χ1v) is 8.01. The van der Waals surface area contributed by atoms with Gasteiger partial charge in [0.15, 0.2) is 0 Å². The van der Waals surface area contributed by atoms with Crippen LogP contribution in [0.3, 0.4) is 0 Å². The summed E-state index contributed by atoms with van der Waals surface area (Å²) in [6.07, 6.45) is 0. The van der Waals surface area contributed by atoms with E-state index < -0.39 is 9.05 Å². The lowest BCUT2D eigenvalue weighted by molar-refractivity contribution is 0.437. The highest BCUT2D eigenvalue weighted by Gasteiger charge is 2.08. The van der Waals surface area contributed by atoms with Gasteiger partial charge in [-0.05, 0) is 38.4 Å². The van der Waals surface area contributed by atoms with Crippen molar-refractivity contribution in [3.05, 3.63) is 24.3 Å². The van der Waals surface area contributed by atoms with Gasteiger partial charge in [-0.15, -0.1) is 11.8 Å². The molecule has 90 valence electrons. The molecular weight excluding hydrogens is 266 g/mol. The summed E-state index contributed by atoms with van der Waals surface area (Å²) in [5, 5.41) is 0. The molecule has 0 atom stereocenters. The minimum absolute atomic E-state index is 0.145. The van der Waals surface area contributed by atoms with Crippen LogP contribution in [-0.2, 0) is 9.05 Å². The van der Waals surface area contributed by atoms with Gasteiger partial charge in [0.25, 0.3) is 9.05 Å². The van der Waals surface area contributed by atoms with Crippen LogP contribution < -0.4 is 0 Å². The molecule has 6 heteroatoms. The van der Waals surface area contributed by atoms with Crippen LogP contribution >= 0.6 is 22.4 Å². The van der Waals surface area contributed by atoms with Crippen molar-refractivity contribution in [2.75, 3.05) is 26.4 Å². The Morgan fingerprint density at radius 2 is 1.81 bits per heavy atom. The highest BCUT2D eigenvalue weighted by Crippen LogP contribution is 2.21. The quantitative estimate of drug-likeness (QED) is 0.612. The van der Waals surface area contributed by atoms with Crippen LogP contribution in [0.25, 0.3) is 0 Å². The smallest absolute Gasteiger partial charge is 0.261 e. The summed E-state index contributed by atoms with van der Waals surface area (Å²) in [5.74, 6) is 0.972. The molecule has 0 heterocycles. The van der Waals surface area contributed by atoms with E-state index in [4.69, 9.17) is 10.7 Å². The number of halogens is 1. The minimum Gasteiger partial charge on any atom is -0.309 e. The monoisotopic (exact) mass is 279 g/mol. The van der Waals surface area contributed by atoms with Crippen molar-refractivity contribution >= 4 is 31.5 Å². The molecule has 1 rings (SSSR count). The molecule has 3 nitrogen and oxygen atoms in total. The molecule has 0 spiro atoms. The second-order valence-electron chi connectivity index (χ2n) is 3.56. The Balaban J connectivity index is 2.59. The molecule has 0 saturated heterocycles. The third-order valence-electron chi connectivity index (χ3n) is 1.91. The lowest BCUT2D eigenvalue weighted by atomic mass is 10.4. The van der Waals surface area contributed by atoms with Crippen molar-refractivity contribution in [1.82, 2.24) is 4.90 Å². The average Bonchev–Trinajstić information content (AvgIpc) is 2.16. The minimum atomic E-state index is -3.60. The number of hydrogen-bond acceptors (Lipinski definition) is 4. The molecule has 0 fully saturated rings. The van der Waals surface area contributed by atoms with Gasteiger partial charge in [-0.3, -0.25) is 0 Å². The van der Waals surface area contributed by atoms with E-state index in [0.717, 1.165) is 17.2 Å². The molecule has 0 aliphatic heterocycles. The van der Waals surface area contributed by atoms with Gasteiger partial charge < -0.3 is 4.90 Å². The zero-order valence-electron chi connectivity index (χ0n) is 9.18. The lowest BCUT2D eigenvalue weighted by Gasteiger charge is -2.08. The largest absolute Gasteiger partial charge is 0.309 e. The fourth-order valence-electron chi connectivity index (χ4n) is 1.04. The standard InChI is InChI=1S/C10H14ClNO2S2/c1-12(2)7-8-15-9-3-5-10(6-4-9)16(11,13)14/h3-6H,7-8H2,1-2H3. The van der Waals surface area contributed by atoms with E-state index in [1.54, 1.807) is 23.9 Å². The van der Waals surface area contributed by atoms with Crippen molar-refractivity contribution in [1.29, 1.82) is 0 Å². The fraction of sp³-hybridized carbons (Fsp3) is 0.400. The van der Waals surface area contributed by atoms with Gasteiger partial charge in [-0.1, -0.05) is 0 Å². The van der Waals surface area contributed by atoms with Gasteiger partial charge in [-0.25, -0.2) is 8.42 Å². The van der Waals surface area contributed by atoms with Crippen molar-refractivity contribution in [3.8, 4) is 0 Å². The van der Waals surface area contributed by atoms with E-state index in [9.17, 15) is 8.42 Å². The van der Waals surface area contributed by atoms with Gasteiger partial charge in [0, 0.05) is 27.9 Å². The molecule has 0 unspecified atom stereocenters. The SMILES string of the molecule is CN(C)CCSc1ccc(S(=O)(=O)Cl)cc1. The summed E-state index contributed by atoms with van der Waals surface area (Å²) in [4.78, 5) is 3.29. The first kappa shape index (κ1) is 13.8. The van der Waals surface area contributed by atoms with Crippen molar-refractivity contribution < 1.29 is 8.42 Å². The Morgan fingerprint density at radius 1 is 1.25 bits per heavy atom. The van der Waals surface area contributed by atoms with Crippen LogP contribution in [0, 0.1) is 0 Å². The number of hydrogen-bond donors (Lipinski definition) is 0. The molecule has 0 aromatic heterocycles. The predicted octanol–water partition coefficient (Wildman–Crippen LogP) is 2.27. The maximum Gasteiger partial charge on any atom is 0.261 e. The van der Waals surface area contributed by atoms with E-state index in [2.05, 4.69) is 4.90 Å². The van der Waals surface area contributed by atoms with Crippen molar-refractivity contribution in [3.63, 3.8) is 0 Å². The summed E-state index contributed by atoms with van der Waals surface area (Å²) >= 11 is 1.69. The Labute approximate surface area is 105 Å². The molecule has 0 radical (unpaired) electrons. The molecular formula is C10H14ClNO2S2. The fourth-order valence-corrected chi connectivity index (χ4v) is 2.83. The summed E-state index contributed by atoms with van der Waals surface area (Å²) in [6.45, 7) is 0.986. The maximum absolute atomic E-state index is 11.0. The molecule has 0 aliphatic rings. The molecule has 16 heavy (non-hydrogen) atoms. The Kier molecular flexibility index (Phi) is 5.11. The highest BCUT2D eigenvalue weighted by molar-refractivity contribution is 8.13.